The van der Waals surface area contributed by atoms with Gasteiger partial charge in [0.2, 0.25) is 0 Å². The van der Waals surface area contributed by atoms with Crippen LogP contribution in [0.4, 0.5) is 5.69 Å². The van der Waals surface area contributed by atoms with Gasteiger partial charge in [0.25, 0.3) is 0 Å². The summed E-state index contributed by atoms with van der Waals surface area (Å²) >= 11 is 0. The second-order valence-corrected chi connectivity index (χ2v) is 4.66. The first-order valence-electron chi connectivity index (χ1n) is 5.54. The van der Waals surface area contributed by atoms with Crippen molar-refractivity contribution in [3.05, 3.63) is 22.0 Å². The molecule has 90 valence electrons. The molecule has 0 radical (unpaired) electrons. The Bertz CT molecular complexity index is 506. The summed E-state index contributed by atoms with van der Waals surface area (Å²) in [5.41, 5.74) is 0.551. The van der Waals surface area contributed by atoms with Crippen molar-refractivity contribution in [2.24, 2.45) is 5.92 Å². The molecule has 0 aliphatic heterocycles. The van der Waals surface area contributed by atoms with Gasteiger partial charge in [-0.05, 0) is 19.3 Å². The lowest BCUT2D eigenvalue weighted by Crippen LogP contribution is -2.04. The Hall–Kier alpha value is -1.92. The highest BCUT2D eigenvalue weighted by Gasteiger charge is 2.47. The molecular weight excluding hydrogens is 226 g/mol. The van der Waals surface area contributed by atoms with Crippen molar-refractivity contribution < 1.29 is 14.8 Å². The molecule has 0 unspecified atom stereocenters. The molecule has 2 fully saturated rings. The Morgan fingerprint density at radius 2 is 2.29 bits per heavy atom. The zero-order valence-electron chi connectivity index (χ0n) is 8.94. The molecule has 3 rings (SSSR count). The van der Waals surface area contributed by atoms with Crippen molar-refractivity contribution >= 4 is 11.7 Å². The molecule has 1 N–H and O–H groups in total. The van der Waals surface area contributed by atoms with Crippen molar-refractivity contribution in [1.29, 1.82) is 0 Å². The monoisotopic (exact) mass is 237 g/mol. The largest absolute Gasteiger partial charge is 0.481 e. The molecule has 0 bridgehead atoms. The van der Waals surface area contributed by atoms with E-state index in [0.29, 0.717) is 12.1 Å². The number of nitro groups is 1. The third-order valence-corrected chi connectivity index (χ3v) is 3.31. The lowest BCUT2D eigenvalue weighted by atomic mass is 10.3. The van der Waals surface area contributed by atoms with Crippen molar-refractivity contribution in [3.63, 3.8) is 0 Å². The maximum Gasteiger partial charge on any atom is 0.310 e. The number of aliphatic carboxylic acids is 1. The summed E-state index contributed by atoms with van der Waals surface area (Å²) in [6, 6.07) is -0.210. The van der Waals surface area contributed by atoms with E-state index in [1.807, 2.05) is 0 Å². The van der Waals surface area contributed by atoms with Crippen LogP contribution in [0.5, 0.6) is 0 Å². The zero-order valence-corrected chi connectivity index (χ0v) is 8.94. The number of hydrogen-bond acceptors (Lipinski definition) is 4. The first kappa shape index (κ1) is 10.2. The van der Waals surface area contributed by atoms with Crippen molar-refractivity contribution in [1.82, 2.24) is 9.78 Å². The average molecular weight is 237 g/mol. The fraction of sp³-hybridized carbons (Fsp3) is 0.600. The van der Waals surface area contributed by atoms with Crippen LogP contribution in [0, 0.1) is 16.0 Å². The Morgan fingerprint density at radius 3 is 2.76 bits per heavy atom. The predicted molar refractivity (Wildman–Crippen MR) is 55.6 cm³/mol. The first-order valence-corrected chi connectivity index (χ1v) is 5.54. The molecule has 2 saturated carbocycles. The van der Waals surface area contributed by atoms with Gasteiger partial charge < -0.3 is 5.11 Å². The summed E-state index contributed by atoms with van der Waals surface area (Å²) in [5.74, 6) is -1.11. The Balaban J connectivity index is 1.89. The maximum absolute atomic E-state index is 10.9. The molecule has 1 heterocycles. The molecule has 2 aliphatic carbocycles. The maximum atomic E-state index is 10.9. The SMILES string of the molecule is O=C(O)[C@H]1C[C@H]1n1cc([N+](=O)[O-])c(C2CC2)n1. The molecule has 1 aromatic heterocycles. The highest BCUT2D eigenvalue weighted by atomic mass is 16.6. The molecule has 2 atom stereocenters. The molecule has 7 heteroatoms. The molecule has 2 aliphatic rings. The van der Waals surface area contributed by atoms with Gasteiger partial charge in [-0.2, -0.15) is 5.10 Å². The number of carbonyl (C=O) groups is 1. The smallest absolute Gasteiger partial charge is 0.310 e. The molecule has 0 spiro atoms. The molecule has 0 aromatic carbocycles. The standard InChI is InChI=1S/C10H11N3O4/c14-10(15)6-3-7(6)12-4-8(13(16)17)9(11-12)5-1-2-5/h4-7H,1-3H2,(H,14,15)/t6-,7+/m0/s1. The third kappa shape index (κ3) is 1.67. The van der Waals surface area contributed by atoms with Gasteiger partial charge in [0.05, 0.1) is 16.9 Å². The lowest BCUT2D eigenvalue weighted by molar-refractivity contribution is -0.385. The van der Waals surface area contributed by atoms with E-state index in [-0.39, 0.29) is 17.6 Å². The van der Waals surface area contributed by atoms with Gasteiger partial charge in [0.15, 0.2) is 0 Å². The fourth-order valence-electron chi connectivity index (χ4n) is 2.09. The molecule has 17 heavy (non-hydrogen) atoms. The van der Waals surface area contributed by atoms with Crippen molar-refractivity contribution in [2.75, 3.05) is 0 Å². The number of rotatable bonds is 4. The minimum Gasteiger partial charge on any atom is -0.481 e. The number of hydrogen-bond donors (Lipinski definition) is 1. The topological polar surface area (TPSA) is 98.3 Å². The van der Waals surface area contributed by atoms with Crippen LogP contribution in [0.15, 0.2) is 6.20 Å². The van der Waals surface area contributed by atoms with E-state index in [9.17, 15) is 14.9 Å². The second kappa shape index (κ2) is 3.28. The normalized spacial score (nSPS) is 26.8. The van der Waals surface area contributed by atoms with Gasteiger partial charge >= 0.3 is 11.7 Å². The summed E-state index contributed by atoms with van der Waals surface area (Å²) < 4.78 is 1.46. The quantitative estimate of drug-likeness (QED) is 0.628. The van der Waals surface area contributed by atoms with E-state index < -0.39 is 16.8 Å². The minimum atomic E-state index is -0.860. The second-order valence-electron chi connectivity index (χ2n) is 4.66. The first-order chi connectivity index (χ1) is 8.08. The van der Waals surface area contributed by atoms with Crippen LogP contribution in [0.3, 0.4) is 0 Å². The van der Waals surface area contributed by atoms with Gasteiger partial charge in [-0.25, -0.2) is 0 Å². The van der Waals surface area contributed by atoms with E-state index in [1.165, 1.54) is 10.9 Å². The number of aromatic nitrogens is 2. The highest BCUT2D eigenvalue weighted by molar-refractivity contribution is 5.73. The zero-order chi connectivity index (χ0) is 12.2. The number of carboxylic acid groups (broad SMARTS) is 1. The van der Waals surface area contributed by atoms with Crippen LogP contribution in [0.1, 0.15) is 36.9 Å². The van der Waals surface area contributed by atoms with Crippen LogP contribution < -0.4 is 0 Å². The molecule has 0 amide bonds. The van der Waals surface area contributed by atoms with Gasteiger partial charge in [0, 0.05) is 5.92 Å². The van der Waals surface area contributed by atoms with E-state index in [4.69, 9.17) is 5.11 Å². The molecule has 1 aromatic rings. The van der Waals surface area contributed by atoms with Crippen LogP contribution in [-0.4, -0.2) is 25.8 Å². The minimum absolute atomic E-state index is 0.0311. The van der Waals surface area contributed by atoms with E-state index in [0.717, 1.165) is 12.8 Å². The Morgan fingerprint density at radius 1 is 1.59 bits per heavy atom. The van der Waals surface area contributed by atoms with Gasteiger partial charge in [-0.15, -0.1) is 0 Å². The molecule has 0 saturated heterocycles. The Kier molecular flexibility index (Phi) is 1.98. The molecule has 7 nitrogen and oxygen atoms in total. The summed E-state index contributed by atoms with van der Waals surface area (Å²) in [5, 5.41) is 23.9. The van der Waals surface area contributed by atoms with Crippen molar-refractivity contribution in [2.45, 2.75) is 31.2 Å². The number of nitrogens with zero attached hydrogens (tertiary/aromatic N) is 3. The van der Waals surface area contributed by atoms with E-state index >= 15 is 0 Å². The summed E-state index contributed by atoms with van der Waals surface area (Å²) in [7, 11) is 0. The lowest BCUT2D eigenvalue weighted by Gasteiger charge is -1.95. The van der Waals surface area contributed by atoms with Gasteiger partial charge in [-0.1, -0.05) is 0 Å². The van der Waals surface area contributed by atoms with Crippen LogP contribution in [-0.2, 0) is 4.79 Å². The Labute approximate surface area is 96.2 Å². The summed E-state index contributed by atoms with van der Waals surface area (Å²) in [6.07, 6.45) is 3.76. The van der Waals surface area contributed by atoms with Crippen LogP contribution in [0.25, 0.3) is 0 Å². The fourth-order valence-corrected chi connectivity index (χ4v) is 2.09. The van der Waals surface area contributed by atoms with Crippen LogP contribution >= 0.6 is 0 Å². The third-order valence-electron chi connectivity index (χ3n) is 3.31. The molecular formula is C10H11N3O4. The van der Waals surface area contributed by atoms with Crippen molar-refractivity contribution in [3.8, 4) is 0 Å². The average Bonchev–Trinajstić information content (AvgIpc) is 3.15. The van der Waals surface area contributed by atoms with E-state index in [1.54, 1.807) is 0 Å². The van der Waals surface area contributed by atoms with Crippen LogP contribution in [0.2, 0.25) is 0 Å². The number of carboxylic acids is 1. The van der Waals surface area contributed by atoms with Gasteiger partial charge in [0.1, 0.15) is 11.9 Å². The van der Waals surface area contributed by atoms with E-state index in [2.05, 4.69) is 5.10 Å². The summed E-state index contributed by atoms with van der Waals surface area (Å²) in [6.45, 7) is 0. The van der Waals surface area contributed by atoms with Gasteiger partial charge in [-0.3, -0.25) is 19.6 Å². The summed E-state index contributed by atoms with van der Waals surface area (Å²) in [4.78, 5) is 21.2. The predicted octanol–water partition coefficient (Wildman–Crippen LogP) is 1.31. The highest BCUT2D eigenvalue weighted by Crippen LogP contribution is 2.47.